The molecule has 1 aliphatic rings. The number of aryl methyl sites for hydroxylation is 1. The van der Waals surface area contributed by atoms with Gasteiger partial charge >= 0.3 is 0 Å². The highest BCUT2D eigenvalue weighted by Gasteiger charge is 2.17. The van der Waals surface area contributed by atoms with E-state index in [0.717, 1.165) is 38.7 Å². The molecule has 0 unspecified atom stereocenters. The lowest BCUT2D eigenvalue weighted by Gasteiger charge is -2.10. The minimum absolute atomic E-state index is 0.262. The van der Waals surface area contributed by atoms with Crippen molar-refractivity contribution in [3.8, 4) is 17.2 Å². The topological polar surface area (TPSA) is 74.1 Å². The van der Waals surface area contributed by atoms with E-state index in [9.17, 15) is 0 Å². The molecule has 0 spiro atoms. The zero-order chi connectivity index (χ0) is 16.5. The van der Waals surface area contributed by atoms with Crippen molar-refractivity contribution in [2.45, 2.75) is 13.5 Å². The summed E-state index contributed by atoms with van der Waals surface area (Å²) in [6, 6.07) is 11.9. The zero-order valence-corrected chi connectivity index (χ0v) is 14.4. The van der Waals surface area contributed by atoms with Gasteiger partial charge in [-0.25, -0.2) is 0 Å². The Bertz CT molecular complexity index is 896. The molecule has 0 bridgehead atoms. The SMILES string of the molecule is Cc1nnnn1-c1cccc(NCc2cc(Br)c3c(c2)OCO3)c1. The number of aromatic nitrogens is 4. The molecule has 0 radical (unpaired) electrons. The molecule has 3 aromatic rings. The van der Waals surface area contributed by atoms with Crippen molar-refractivity contribution in [3.05, 3.63) is 52.3 Å². The van der Waals surface area contributed by atoms with Crippen molar-refractivity contribution in [1.82, 2.24) is 20.2 Å². The Hall–Kier alpha value is -2.61. The number of fused-ring (bicyclic) bond motifs is 1. The maximum absolute atomic E-state index is 5.45. The first-order valence-corrected chi connectivity index (χ1v) is 8.17. The van der Waals surface area contributed by atoms with Crippen LogP contribution in [0.15, 0.2) is 40.9 Å². The molecule has 0 saturated carbocycles. The highest BCUT2D eigenvalue weighted by molar-refractivity contribution is 9.10. The fourth-order valence-electron chi connectivity index (χ4n) is 2.54. The van der Waals surface area contributed by atoms with Crippen molar-refractivity contribution in [3.63, 3.8) is 0 Å². The Morgan fingerprint density at radius 3 is 3.00 bits per heavy atom. The molecule has 1 aromatic heterocycles. The molecule has 0 amide bonds. The van der Waals surface area contributed by atoms with Crippen LogP contribution in [0.25, 0.3) is 5.69 Å². The monoisotopic (exact) mass is 387 g/mol. The molecule has 2 aromatic carbocycles. The fourth-order valence-corrected chi connectivity index (χ4v) is 3.15. The molecular formula is C16H14BrN5O2. The van der Waals surface area contributed by atoms with Crippen LogP contribution in [0.5, 0.6) is 11.5 Å². The van der Waals surface area contributed by atoms with Gasteiger partial charge in [-0.15, -0.1) is 5.10 Å². The number of anilines is 1. The third-order valence-corrected chi connectivity index (χ3v) is 4.29. The lowest BCUT2D eigenvalue weighted by atomic mass is 10.2. The molecular weight excluding hydrogens is 374 g/mol. The molecule has 1 N–H and O–H groups in total. The molecule has 0 atom stereocenters. The van der Waals surface area contributed by atoms with Crippen LogP contribution in [0.3, 0.4) is 0 Å². The molecule has 4 rings (SSSR count). The van der Waals surface area contributed by atoms with E-state index in [-0.39, 0.29) is 6.79 Å². The summed E-state index contributed by atoms with van der Waals surface area (Å²) in [5.41, 5.74) is 2.99. The number of nitrogens with one attached hydrogen (secondary N) is 1. The second-order valence-electron chi connectivity index (χ2n) is 5.35. The van der Waals surface area contributed by atoms with Gasteiger partial charge in [-0.05, 0) is 69.2 Å². The second-order valence-corrected chi connectivity index (χ2v) is 6.21. The Kier molecular flexibility index (Phi) is 3.81. The molecule has 0 aliphatic carbocycles. The van der Waals surface area contributed by atoms with Crippen molar-refractivity contribution in [2.75, 3.05) is 12.1 Å². The third-order valence-electron chi connectivity index (χ3n) is 3.70. The molecule has 7 nitrogen and oxygen atoms in total. The van der Waals surface area contributed by atoms with Gasteiger partial charge in [-0.3, -0.25) is 0 Å². The van der Waals surface area contributed by atoms with Crippen LogP contribution >= 0.6 is 15.9 Å². The molecule has 24 heavy (non-hydrogen) atoms. The average Bonchev–Trinajstić information content (AvgIpc) is 3.22. The Morgan fingerprint density at radius 2 is 2.17 bits per heavy atom. The van der Waals surface area contributed by atoms with Crippen LogP contribution in [-0.4, -0.2) is 27.0 Å². The van der Waals surface area contributed by atoms with Gasteiger partial charge in [-0.1, -0.05) is 6.07 Å². The first-order chi connectivity index (χ1) is 11.7. The summed E-state index contributed by atoms with van der Waals surface area (Å²) in [5.74, 6) is 2.26. The predicted molar refractivity (Wildman–Crippen MR) is 91.5 cm³/mol. The van der Waals surface area contributed by atoms with Crippen LogP contribution < -0.4 is 14.8 Å². The van der Waals surface area contributed by atoms with E-state index in [1.165, 1.54) is 0 Å². The second kappa shape index (κ2) is 6.12. The Balaban J connectivity index is 1.53. The fraction of sp³-hybridized carbons (Fsp3) is 0.188. The number of hydrogen-bond acceptors (Lipinski definition) is 6. The molecule has 8 heteroatoms. The molecule has 122 valence electrons. The molecule has 2 heterocycles. The largest absolute Gasteiger partial charge is 0.454 e. The van der Waals surface area contributed by atoms with Gasteiger partial charge in [0.05, 0.1) is 10.2 Å². The summed E-state index contributed by atoms with van der Waals surface area (Å²) < 4.78 is 13.4. The zero-order valence-electron chi connectivity index (χ0n) is 12.9. The van der Waals surface area contributed by atoms with Gasteiger partial charge in [0, 0.05) is 12.2 Å². The number of rotatable bonds is 4. The Labute approximate surface area is 146 Å². The number of halogens is 1. The van der Waals surface area contributed by atoms with Gasteiger partial charge in [0.1, 0.15) is 0 Å². The van der Waals surface area contributed by atoms with E-state index in [1.807, 2.05) is 43.3 Å². The smallest absolute Gasteiger partial charge is 0.231 e. The number of benzene rings is 2. The van der Waals surface area contributed by atoms with Crippen molar-refractivity contribution < 1.29 is 9.47 Å². The van der Waals surface area contributed by atoms with Crippen molar-refractivity contribution in [1.29, 1.82) is 0 Å². The van der Waals surface area contributed by atoms with Crippen LogP contribution in [-0.2, 0) is 6.54 Å². The van der Waals surface area contributed by atoms with Gasteiger partial charge < -0.3 is 14.8 Å². The van der Waals surface area contributed by atoms with E-state index >= 15 is 0 Å². The van der Waals surface area contributed by atoms with Gasteiger partial charge in [0.2, 0.25) is 6.79 Å². The first kappa shape index (κ1) is 14.9. The normalized spacial score (nSPS) is 12.4. The molecule has 1 aliphatic heterocycles. The maximum atomic E-state index is 5.45. The predicted octanol–water partition coefficient (Wildman–Crippen LogP) is 3.07. The van der Waals surface area contributed by atoms with Crippen LogP contribution in [0.1, 0.15) is 11.4 Å². The summed E-state index contributed by atoms with van der Waals surface area (Å²) in [6.45, 7) is 2.79. The van der Waals surface area contributed by atoms with Crippen LogP contribution in [0, 0.1) is 6.92 Å². The number of tetrazole rings is 1. The average molecular weight is 388 g/mol. The summed E-state index contributed by atoms with van der Waals surface area (Å²) in [4.78, 5) is 0. The lowest BCUT2D eigenvalue weighted by molar-refractivity contribution is 0.173. The van der Waals surface area contributed by atoms with E-state index in [4.69, 9.17) is 9.47 Å². The summed E-state index contributed by atoms with van der Waals surface area (Å²) in [6.07, 6.45) is 0. The van der Waals surface area contributed by atoms with Gasteiger partial charge in [-0.2, -0.15) is 4.68 Å². The van der Waals surface area contributed by atoms with Crippen molar-refractivity contribution in [2.24, 2.45) is 0 Å². The highest BCUT2D eigenvalue weighted by Crippen LogP contribution is 2.40. The van der Waals surface area contributed by atoms with Gasteiger partial charge in [0.25, 0.3) is 0 Å². The number of ether oxygens (including phenoxy) is 2. The maximum Gasteiger partial charge on any atom is 0.231 e. The van der Waals surface area contributed by atoms with Crippen molar-refractivity contribution >= 4 is 21.6 Å². The summed E-state index contributed by atoms with van der Waals surface area (Å²) in [5, 5.41) is 15.0. The highest BCUT2D eigenvalue weighted by atomic mass is 79.9. The molecule has 0 fully saturated rings. The molecule has 0 saturated heterocycles. The lowest BCUT2D eigenvalue weighted by Crippen LogP contribution is -2.03. The minimum atomic E-state index is 0.262. The van der Waals surface area contributed by atoms with Gasteiger partial charge in [0.15, 0.2) is 17.3 Å². The quantitative estimate of drug-likeness (QED) is 0.741. The van der Waals surface area contributed by atoms with Crippen LogP contribution in [0.4, 0.5) is 5.69 Å². The first-order valence-electron chi connectivity index (χ1n) is 7.38. The number of hydrogen-bond donors (Lipinski definition) is 1. The summed E-state index contributed by atoms with van der Waals surface area (Å²) >= 11 is 3.51. The van der Waals surface area contributed by atoms with E-state index in [2.05, 4.69) is 36.8 Å². The standard InChI is InChI=1S/C16H14BrN5O2/c1-10-19-20-21-22(10)13-4-2-3-12(7-13)18-8-11-5-14(17)16-15(6-11)23-9-24-16/h2-7,18H,8-9H2,1H3. The Morgan fingerprint density at radius 1 is 1.25 bits per heavy atom. The van der Waals surface area contributed by atoms with Crippen LogP contribution in [0.2, 0.25) is 0 Å². The minimum Gasteiger partial charge on any atom is -0.454 e. The third kappa shape index (κ3) is 2.80. The van der Waals surface area contributed by atoms with E-state index in [1.54, 1.807) is 4.68 Å². The summed E-state index contributed by atoms with van der Waals surface area (Å²) in [7, 11) is 0. The van der Waals surface area contributed by atoms with E-state index in [0.29, 0.717) is 6.54 Å². The number of nitrogens with zero attached hydrogens (tertiary/aromatic N) is 4. The van der Waals surface area contributed by atoms with E-state index < -0.39 is 0 Å².